The minimum atomic E-state index is -0.321. The molecule has 0 saturated heterocycles. The van der Waals surface area contributed by atoms with Gasteiger partial charge in [0.05, 0.1) is 11.5 Å². The zero-order chi connectivity index (χ0) is 14.8. The molecule has 110 valence electrons. The van der Waals surface area contributed by atoms with Gasteiger partial charge in [-0.25, -0.2) is 4.98 Å². The Bertz CT molecular complexity index is 654. The number of aromatic nitrogens is 2. The van der Waals surface area contributed by atoms with Crippen LogP contribution in [0.15, 0.2) is 24.3 Å². The molecule has 0 atom stereocenters. The van der Waals surface area contributed by atoms with Crippen LogP contribution in [0.1, 0.15) is 31.2 Å². The van der Waals surface area contributed by atoms with Crippen molar-refractivity contribution in [2.75, 3.05) is 4.90 Å². The maximum Gasteiger partial charge on any atom is 0.274 e. The fraction of sp³-hybridized carbons (Fsp3) is 0.429. The van der Waals surface area contributed by atoms with E-state index in [1.165, 1.54) is 11.5 Å². The van der Waals surface area contributed by atoms with Crippen molar-refractivity contribution in [1.29, 1.82) is 0 Å². The number of hydrogen-bond acceptors (Lipinski definition) is 6. The van der Waals surface area contributed by atoms with Crippen molar-refractivity contribution < 1.29 is 4.92 Å². The van der Waals surface area contributed by atoms with Crippen molar-refractivity contribution >= 4 is 22.4 Å². The maximum absolute atomic E-state index is 11.1. The first-order valence-corrected chi connectivity index (χ1v) is 7.78. The van der Waals surface area contributed by atoms with E-state index in [2.05, 4.69) is 14.3 Å². The first kappa shape index (κ1) is 13.9. The number of nitrogens with zero attached hydrogens (tertiary/aromatic N) is 4. The summed E-state index contributed by atoms with van der Waals surface area (Å²) >= 11 is 1.38. The van der Waals surface area contributed by atoms with Gasteiger partial charge in [-0.2, -0.15) is 4.37 Å². The number of para-hydroxylation sites is 1. The topological polar surface area (TPSA) is 72.2 Å². The highest BCUT2D eigenvalue weighted by atomic mass is 32.1. The molecule has 1 heterocycles. The molecule has 0 amide bonds. The molecule has 1 fully saturated rings. The molecule has 0 radical (unpaired) electrons. The molecule has 1 saturated carbocycles. The second-order valence-corrected chi connectivity index (χ2v) is 5.82. The minimum absolute atomic E-state index is 0.170. The molecule has 0 spiro atoms. The lowest BCUT2D eigenvalue weighted by molar-refractivity contribution is -0.385. The van der Waals surface area contributed by atoms with Gasteiger partial charge in [-0.3, -0.25) is 10.1 Å². The van der Waals surface area contributed by atoms with Gasteiger partial charge in [-0.1, -0.05) is 25.1 Å². The van der Waals surface area contributed by atoms with Crippen LogP contribution in [0.4, 0.5) is 10.8 Å². The van der Waals surface area contributed by atoms with Gasteiger partial charge in [0.1, 0.15) is 5.82 Å². The zero-order valence-corrected chi connectivity index (χ0v) is 12.5. The van der Waals surface area contributed by atoms with E-state index in [1.807, 2.05) is 19.1 Å². The Morgan fingerprint density at radius 1 is 1.43 bits per heavy atom. The third kappa shape index (κ3) is 3.02. The molecule has 7 heteroatoms. The minimum Gasteiger partial charge on any atom is -0.339 e. The Morgan fingerprint density at radius 2 is 2.19 bits per heavy atom. The van der Waals surface area contributed by atoms with Crippen molar-refractivity contribution in [3.63, 3.8) is 0 Å². The molecule has 1 aromatic heterocycles. The molecule has 0 N–H and O–H groups in total. The summed E-state index contributed by atoms with van der Waals surface area (Å²) < 4.78 is 4.32. The highest BCUT2D eigenvalue weighted by Crippen LogP contribution is 2.35. The van der Waals surface area contributed by atoms with E-state index in [1.54, 1.807) is 12.1 Å². The van der Waals surface area contributed by atoms with Crippen molar-refractivity contribution in [2.24, 2.45) is 0 Å². The van der Waals surface area contributed by atoms with Gasteiger partial charge in [0.25, 0.3) is 5.69 Å². The van der Waals surface area contributed by atoms with Crippen LogP contribution >= 0.6 is 11.5 Å². The standard InChI is InChI=1S/C14H16N4O2S/c1-2-13-15-14(21-16-13)17(11-7-8-11)9-10-5-3-4-6-12(10)18(19)20/h3-6,11H,2,7-9H2,1H3. The average molecular weight is 304 g/mol. The van der Waals surface area contributed by atoms with E-state index >= 15 is 0 Å². The van der Waals surface area contributed by atoms with Crippen LogP contribution in [0.2, 0.25) is 0 Å². The number of hydrogen-bond donors (Lipinski definition) is 0. The van der Waals surface area contributed by atoms with Crippen LogP contribution in [0, 0.1) is 10.1 Å². The number of nitro groups is 1. The lowest BCUT2D eigenvalue weighted by atomic mass is 10.1. The molecule has 6 nitrogen and oxygen atoms in total. The van der Waals surface area contributed by atoms with E-state index < -0.39 is 0 Å². The van der Waals surface area contributed by atoms with Gasteiger partial charge in [-0.15, -0.1) is 0 Å². The Balaban J connectivity index is 1.88. The van der Waals surface area contributed by atoms with E-state index in [4.69, 9.17) is 0 Å². The van der Waals surface area contributed by atoms with E-state index in [0.717, 1.165) is 35.8 Å². The summed E-state index contributed by atoms with van der Waals surface area (Å²) in [7, 11) is 0. The Kier molecular flexibility index (Phi) is 3.83. The average Bonchev–Trinajstić information content (AvgIpc) is 3.22. The third-order valence-electron chi connectivity index (χ3n) is 3.54. The van der Waals surface area contributed by atoms with E-state index in [-0.39, 0.29) is 10.6 Å². The molecule has 0 bridgehead atoms. The maximum atomic E-state index is 11.1. The predicted octanol–water partition coefficient (Wildman–Crippen LogP) is 3.18. The van der Waals surface area contributed by atoms with Crippen LogP contribution in [0.25, 0.3) is 0 Å². The summed E-state index contributed by atoms with van der Waals surface area (Å²) in [6.07, 6.45) is 3.03. The van der Waals surface area contributed by atoms with Gasteiger partial charge in [0.15, 0.2) is 0 Å². The summed E-state index contributed by atoms with van der Waals surface area (Å²) in [6, 6.07) is 7.34. The second kappa shape index (κ2) is 5.77. The summed E-state index contributed by atoms with van der Waals surface area (Å²) in [4.78, 5) is 17.5. The molecule has 0 unspecified atom stereocenters. The molecule has 1 aliphatic carbocycles. The fourth-order valence-corrected chi connectivity index (χ4v) is 3.07. The monoisotopic (exact) mass is 304 g/mol. The Morgan fingerprint density at radius 3 is 2.81 bits per heavy atom. The number of nitro benzene ring substituents is 1. The molecule has 3 rings (SSSR count). The highest BCUT2D eigenvalue weighted by Gasteiger charge is 2.32. The van der Waals surface area contributed by atoms with Gasteiger partial charge < -0.3 is 4.90 Å². The lowest BCUT2D eigenvalue weighted by Gasteiger charge is -2.20. The second-order valence-electron chi connectivity index (χ2n) is 5.09. The van der Waals surface area contributed by atoms with Crippen LogP contribution in [-0.4, -0.2) is 20.3 Å². The van der Waals surface area contributed by atoms with Crippen LogP contribution in [-0.2, 0) is 13.0 Å². The number of anilines is 1. The molecule has 21 heavy (non-hydrogen) atoms. The summed E-state index contributed by atoms with van der Waals surface area (Å²) in [6.45, 7) is 2.54. The number of aryl methyl sites for hydroxylation is 1. The van der Waals surface area contributed by atoms with E-state index in [0.29, 0.717) is 12.6 Å². The Hall–Kier alpha value is -2.02. The summed E-state index contributed by atoms with van der Waals surface area (Å²) in [5.41, 5.74) is 0.894. The van der Waals surface area contributed by atoms with Crippen LogP contribution < -0.4 is 4.90 Å². The van der Waals surface area contributed by atoms with Crippen molar-refractivity contribution in [3.05, 3.63) is 45.8 Å². The SMILES string of the molecule is CCc1nsc(N(Cc2ccccc2[N+](=O)[O-])C2CC2)n1. The summed E-state index contributed by atoms with van der Waals surface area (Å²) in [5.74, 6) is 0.836. The lowest BCUT2D eigenvalue weighted by Crippen LogP contribution is -2.25. The van der Waals surface area contributed by atoms with E-state index in [9.17, 15) is 10.1 Å². The summed E-state index contributed by atoms with van der Waals surface area (Å²) in [5, 5.41) is 12.0. The van der Waals surface area contributed by atoms with Crippen molar-refractivity contribution in [3.8, 4) is 0 Å². The smallest absolute Gasteiger partial charge is 0.274 e. The first-order valence-electron chi connectivity index (χ1n) is 7.00. The van der Waals surface area contributed by atoms with Crippen molar-refractivity contribution in [1.82, 2.24) is 9.36 Å². The molecular formula is C14H16N4O2S. The quantitative estimate of drug-likeness (QED) is 0.605. The van der Waals surface area contributed by atoms with Gasteiger partial charge in [0, 0.05) is 35.6 Å². The van der Waals surface area contributed by atoms with Crippen LogP contribution in [0.3, 0.4) is 0 Å². The first-order chi connectivity index (χ1) is 10.2. The number of rotatable bonds is 6. The normalized spacial score (nSPS) is 14.1. The van der Waals surface area contributed by atoms with Gasteiger partial charge in [0.2, 0.25) is 5.13 Å². The zero-order valence-electron chi connectivity index (χ0n) is 11.7. The predicted molar refractivity (Wildman–Crippen MR) is 81.6 cm³/mol. The number of benzene rings is 1. The largest absolute Gasteiger partial charge is 0.339 e. The van der Waals surface area contributed by atoms with Crippen molar-refractivity contribution in [2.45, 2.75) is 38.8 Å². The molecule has 1 aliphatic rings. The fourth-order valence-electron chi connectivity index (χ4n) is 2.25. The Labute approximate surface area is 126 Å². The third-order valence-corrected chi connectivity index (χ3v) is 4.33. The van der Waals surface area contributed by atoms with Gasteiger partial charge >= 0.3 is 0 Å². The molecule has 0 aliphatic heterocycles. The highest BCUT2D eigenvalue weighted by molar-refractivity contribution is 7.09. The van der Waals surface area contributed by atoms with Crippen LogP contribution in [0.5, 0.6) is 0 Å². The molecular weight excluding hydrogens is 288 g/mol. The molecule has 2 aromatic rings. The van der Waals surface area contributed by atoms with Gasteiger partial charge in [-0.05, 0) is 12.8 Å². The molecule has 1 aromatic carbocycles.